The molecule has 23 nitrogen and oxygen atoms in total. The summed E-state index contributed by atoms with van der Waals surface area (Å²) in [6, 6.07) is -3.85. The number of carboxylic acids is 3. The first-order valence-corrected chi connectivity index (χ1v) is 20.6. The zero-order valence-electron chi connectivity index (χ0n) is 31.2. The van der Waals surface area contributed by atoms with Crippen molar-refractivity contribution in [3.63, 3.8) is 0 Å². The van der Waals surface area contributed by atoms with E-state index in [0.29, 0.717) is 57.2 Å². The van der Waals surface area contributed by atoms with Crippen molar-refractivity contribution in [3.8, 4) is 0 Å². The highest BCUT2D eigenvalue weighted by molar-refractivity contribution is 7.81. The number of hydrogen-bond acceptors (Lipinski definition) is 16. The van der Waals surface area contributed by atoms with E-state index in [1.807, 2.05) is 0 Å². The molecule has 0 saturated heterocycles. The number of rotatable bonds is 31. The Bertz CT molecular complexity index is 1760. The number of carboxylic acid groups (broad SMARTS) is 3. The molecule has 0 aliphatic heterocycles. The highest BCUT2D eigenvalue weighted by atomic mass is 32.2. The number of anilines is 2. The van der Waals surface area contributed by atoms with Crippen LogP contribution in [0.4, 0.5) is 10.3 Å². The van der Waals surface area contributed by atoms with Gasteiger partial charge in [0, 0.05) is 44.2 Å². The maximum Gasteiger partial charge on any atom is 0.307 e. The number of aromatic nitrogens is 5. The number of unbranched alkanes of at least 4 members (excludes halogenated alkanes) is 3. The van der Waals surface area contributed by atoms with E-state index in [0.717, 1.165) is 11.3 Å². The number of ketones is 2. The highest BCUT2D eigenvalue weighted by Gasteiger charge is 2.30. The number of aryl methyl sites for hydroxylation is 2. The number of carbonyl (C=O) groups is 8. The monoisotopic (exact) mass is 876 g/mol. The van der Waals surface area contributed by atoms with Crippen LogP contribution in [0.3, 0.4) is 0 Å². The summed E-state index contributed by atoms with van der Waals surface area (Å²) in [5.41, 5.74) is 6.57. The average molecular weight is 877 g/mol. The number of nitrogens with one attached hydrogen (secondary N) is 4. The third-order valence-electron chi connectivity index (χ3n) is 8.29. The maximum atomic E-state index is 12.8. The Kier molecular flexibility index (Phi) is 22.2. The van der Waals surface area contributed by atoms with Crippen molar-refractivity contribution in [2.24, 2.45) is 11.7 Å². The Morgan fingerprint density at radius 3 is 2.07 bits per heavy atom. The van der Waals surface area contributed by atoms with Crippen molar-refractivity contribution in [1.29, 1.82) is 0 Å². The van der Waals surface area contributed by atoms with Gasteiger partial charge in [-0.2, -0.15) is 12.6 Å². The van der Waals surface area contributed by atoms with E-state index in [4.69, 9.17) is 20.5 Å². The van der Waals surface area contributed by atoms with E-state index in [1.54, 1.807) is 10.9 Å². The summed E-state index contributed by atoms with van der Waals surface area (Å²) in [6.45, 7) is 0.431. The standard InChI is InChI=1S/C32H48N10O13S3/c33-20(29(51)35-22(15-28(49)50)24(44)13-18(17-56)30(52)53)8-2-1-3-9-23(43)21(14-27(47)48)34-25(45)10-4-5-12-42-16-19(37-41-42)7-6-11-26(46)36-31-38-39-32(57-31)40-58(54)55/h16,18,20-22,56H,1-15,17,33H2,(H,34,45)(H,35,51)(H,39,40)(H,47,48)(H,49,50)(H,52,53)(H,54,55)(H,36,38,46)/t18-,20-,21-,22-/m0/s1. The van der Waals surface area contributed by atoms with Crippen LogP contribution in [-0.4, -0.2) is 120 Å². The van der Waals surface area contributed by atoms with E-state index in [-0.39, 0.29) is 47.6 Å². The highest BCUT2D eigenvalue weighted by Crippen LogP contribution is 2.20. The molecule has 0 aromatic carbocycles. The Labute approximate surface area is 343 Å². The summed E-state index contributed by atoms with van der Waals surface area (Å²) < 4.78 is 23.3. The molecule has 0 aliphatic rings. The number of thiol groups is 1. The molecule has 322 valence electrons. The quantitative estimate of drug-likeness (QED) is 0.0274. The number of Topliss-reactive ketones (excluding diaryl/α,β-unsaturated/α-hetero) is 2. The fraction of sp³-hybridized carbons (Fsp3) is 0.625. The lowest BCUT2D eigenvalue weighted by Gasteiger charge is -2.20. The molecule has 2 aromatic rings. The molecule has 0 aliphatic carbocycles. The molecule has 10 N–H and O–H groups in total. The normalized spacial score (nSPS) is 13.6. The number of nitrogens with zero attached hydrogens (tertiary/aromatic N) is 5. The number of amides is 3. The van der Waals surface area contributed by atoms with Crippen LogP contribution in [0.15, 0.2) is 6.20 Å². The van der Waals surface area contributed by atoms with Gasteiger partial charge in [0.15, 0.2) is 11.6 Å². The van der Waals surface area contributed by atoms with E-state index in [2.05, 4.69) is 53.8 Å². The summed E-state index contributed by atoms with van der Waals surface area (Å²) in [7, 11) is 0. The first kappa shape index (κ1) is 49.2. The van der Waals surface area contributed by atoms with Gasteiger partial charge in [0.1, 0.15) is 0 Å². The van der Waals surface area contributed by atoms with Crippen LogP contribution in [0, 0.1) is 5.92 Å². The molecule has 2 heterocycles. The van der Waals surface area contributed by atoms with Crippen molar-refractivity contribution >= 4 is 92.7 Å². The predicted octanol–water partition coefficient (Wildman–Crippen LogP) is 0.166. The summed E-state index contributed by atoms with van der Waals surface area (Å²) in [5.74, 6) is -8.17. The van der Waals surface area contributed by atoms with Crippen LogP contribution in [0.25, 0.3) is 0 Å². The van der Waals surface area contributed by atoms with Gasteiger partial charge in [0.2, 0.25) is 28.0 Å². The van der Waals surface area contributed by atoms with Gasteiger partial charge in [-0.15, -0.1) is 15.3 Å². The van der Waals surface area contributed by atoms with Crippen LogP contribution in [0.1, 0.15) is 89.2 Å². The minimum atomic E-state index is -2.31. The SMILES string of the molecule is N[C@@H](CCCCCC(=O)[C@H](CC(=O)O)NC(=O)CCCCn1cc(CCCC(=O)Nc2nnc(NS(=O)O)s2)nn1)C(=O)N[C@@H](CC(=O)O)C(=O)C[C@@H](CS)C(=O)O. The maximum absolute atomic E-state index is 12.8. The fourth-order valence-corrected chi connectivity index (χ4v) is 6.64. The van der Waals surface area contributed by atoms with Gasteiger partial charge in [0.25, 0.3) is 11.3 Å². The van der Waals surface area contributed by atoms with Crippen LogP contribution >= 0.6 is 24.0 Å². The second-order valence-electron chi connectivity index (χ2n) is 13.0. The predicted molar refractivity (Wildman–Crippen MR) is 209 cm³/mol. The smallest absolute Gasteiger partial charge is 0.307 e. The van der Waals surface area contributed by atoms with Gasteiger partial charge in [-0.1, -0.05) is 29.4 Å². The van der Waals surface area contributed by atoms with E-state index in [1.165, 1.54) is 0 Å². The number of nitrogens with two attached hydrogens (primary N) is 1. The Morgan fingerprint density at radius 2 is 1.43 bits per heavy atom. The number of aliphatic carboxylic acids is 3. The lowest BCUT2D eigenvalue weighted by Crippen LogP contribution is -2.49. The minimum Gasteiger partial charge on any atom is -0.481 e. The zero-order valence-corrected chi connectivity index (χ0v) is 33.8. The van der Waals surface area contributed by atoms with Gasteiger partial charge < -0.3 is 37.0 Å². The van der Waals surface area contributed by atoms with Gasteiger partial charge in [0.05, 0.1) is 42.6 Å². The van der Waals surface area contributed by atoms with Crippen molar-refractivity contribution in [2.45, 2.75) is 115 Å². The molecule has 2 rings (SSSR count). The van der Waals surface area contributed by atoms with Crippen LogP contribution in [0.5, 0.6) is 0 Å². The third kappa shape index (κ3) is 20.0. The van der Waals surface area contributed by atoms with E-state index in [9.17, 15) is 47.7 Å². The van der Waals surface area contributed by atoms with E-state index < -0.39 is 95.9 Å². The third-order valence-corrected chi connectivity index (χ3v) is 9.98. The number of hydrogen-bond donors (Lipinski definition) is 10. The van der Waals surface area contributed by atoms with Gasteiger partial charge >= 0.3 is 17.9 Å². The summed E-state index contributed by atoms with van der Waals surface area (Å²) >= 11 is 2.48. The molecular formula is C32H48N10O13S3. The molecule has 26 heteroatoms. The largest absolute Gasteiger partial charge is 0.481 e. The second kappa shape index (κ2) is 26.2. The first-order chi connectivity index (χ1) is 27.5. The molecule has 1 unspecified atom stereocenters. The molecule has 0 saturated carbocycles. The van der Waals surface area contributed by atoms with Crippen molar-refractivity contribution in [3.05, 3.63) is 11.9 Å². The summed E-state index contributed by atoms with van der Waals surface area (Å²) in [6.07, 6.45) is 2.95. The fourth-order valence-electron chi connectivity index (χ4n) is 5.27. The second-order valence-corrected chi connectivity index (χ2v) is 15.1. The lowest BCUT2D eigenvalue weighted by atomic mass is 9.97. The molecule has 0 radical (unpaired) electrons. The molecule has 0 spiro atoms. The Morgan fingerprint density at radius 1 is 0.793 bits per heavy atom. The number of carbonyl (C=O) groups excluding carboxylic acids is 5. The van der Waals surface area contributed by atoms with Crippen molar-refractivity contribution < 1.29 is 62.4 Å². The molecule has 0 fully saturated rings. The van der Waals surface area contributed by atoms with Gasteiger partial charge in [-0.3, -0.25) is 52.3 Å². The summed E-state index contributed by atoms with van der Waals surface area (Å²) in [5, 5.41) is 50.6. The molecule has 3 amide bonds. The Balaban J connectivity index is 1.69. The summed E-state index contributed by atoms with van der Waals surface area (Å²) in [4.78, 5) is 96.6. The zero-order chi connectivity index (χ0) is 43.2. The minimum absolute atomic E-state index is 0.0261. The van der Waals surface area contributed by atoms with Gasteiger partial charge in [-0.05, 0) is 38.5 Å². The first-order valence-electron chi connectivity index (χ1n) is 18.0. The van der Waals surface area contributed by atoms with Gasteiger partial charge in [-0.25, -0.2) is 4.21 Å². The van der Waals surface area contributed by atoms with E-state index >= 15 is 0 Å². The van der Waals surface area contributed by atoms with Crippen molar-refractivity contribution in [1.82, 2.24) is 35.8 Å². The topological polar surface area (TPSA) is 365 Å². The van der Waals surface area contributed by atoms with Crippen LogP contribution in [-0.2, 0) is 62.6 Å². The van der Waals surface area contributed by atoms with Crippen LogP contribution in [0.2, 0.25) is 0 Å². The molecule has 2 aromatic heterocycles. The molecule has 58 heavy (non-hydrogen) atoms. The van der Waals surface area contributed by atoms with Crippen LogP contribution < -0.4 is 26.4 Å². The Hall–Kier alpha value is -4.92. The molecule has 5 atom stereocenters. The lowest BCUT2D eigenvalue weighted by molar-refractivity contribution is -0.144. The molecule has 0 bridgehead atoms. The average Bonchev–Trinajstić information content (AvgIpc) is 3.79. The van der Waals surface area contributed by atoms with Crippen molar-refractivity contribution in [2.75, 3.05) is 15.8 Å². The molecular weight excluding hydrogens is 829 g/mol.